The van der Waals surface area contributed by atoms with Crippen molar-refractivity contribution >= 4 is 33.3 Å². The van der Waals surface area contributed by atoms with Crippen LogP contribution in [0.5, 0.6) is 0 Å². The van der Waals surface area contributed by atoms with E-state index in [-0.39, 0.29) is 34.0 Å². The molecule has 2 aromatic carbocycles. The molecule has 0 fully saturated rings. The minimum Gasteiger partial charge on any atom is -0.481 e. The molecule has 0 saturated heterocycles. The number of benzene rings is 2. The second kappa shape index (κ2) is 8.54. The van der Waals surface area contributed by atoms with Gasteiger partial charge in [0, 0.05) is 11.4 Å². The van der Waals surface area contributed by atoms with E-state index < -0.39 is 27.7 Å². The van der Waals surface area contributed by atoms with Crippen molar-refractivity contribution in [2.24, 2.45) is 0 Å². The molecule has 0 aliphatic rings. The van der Waals surface area contributed by atoms with Gasteiger partial charge in [-0.2, -0.15) is 13.2 Å². The van der Waals surface area contributed by atoms with Crippen molar-refractivity contribution in [1.82, 2.24) is 0 Å². The first-order valence-corrected chi connectivity index (χ1v) is 9.55. The molecule has 2 rings (SSSR count). The third-order valence-corrected chi connectivity index (χ3v) is 5.02. The summed E-state index contributed by atoms with van der Waals surface area (Å²) in [6.07, 6.45) is -4.71. The third kappa shape index (κ3) is 5.90. The highest BCUT2D eigenvalue weighted by molar-refractivity contribution is 7.92. The Morgan fingerprint density at radius 2 is 1.79 bits per heavy atom. The molecule has 2 N–H and O–H groups in total. The van der Waals surface area contributed by atoms with Crippen LogP contribution >= 0.6 is 11.6 Å². The minimum atomic E-state index is -4.58. The molecule has 2 aromatic rings. The van der Waals surface area contributed by atoms with E-state index in [1.807, 2.05) is 0 Å². The Bertz CT molecular complexity index is 1040. The average Bonchev–Trinajstić information content (AvgIpc) is 2.60. The molecule has 0 spiro atoms. The number of halogens is 4. The van der Waals surface area contributed by atoms with Crippen LogP contribution < -0.4 is 4.72 Å². The number of carboxylic acid groups (broad SMARTS) is 1. The van der Waals surface area contributed by atoms with Crippen LogP contribution in [-0.2, 0) is 21.0 Å². The fraction of sp³-hybridized carbons (Fsp3) is 0.167. The zero-order chi connectivity index (χ0) is 20.9. The molecule has 0 aromatic heterocycles. The summed E-state index contributed by atoms with van der Waals surface area (Å²) in [6.45, 7) is 0. The summed E-state index contributed by atoms with van der Waals surface area (Å²) in [5.74, 6) is 4.22. The van der Waals surface area contributed by atoms with E-state index in [0.29, 0.717) is 12.1 Å². The minimum absolute atomic E-state index is 0.0486. The maximum absolute atomic E-state index is 12.6. The Kier molecular flexibility index (Phi) is 6.59. The topological polar surface area (TPSA) is 83.5 Å². The average molecular weight is 432 g/mol. The van der Waals surface area contributed by atoms with Gasteiger partial charge in [-0.05, 0) is 42.5 Å². The summed E-state index contributed by atoms with van der Waals surface area (Å²) in [5.41, 5.74) is -0.705. The van der Waals surface area contributed by atoms with Crippen molar-refractivity contribution in [3.8, 4) is 11.8 Å². The van der Waals surface area contributed by atoms with Gasteiger partial charge in [0.25, 0.3) is 10.0 Å². The molecule has 0 radical (unpaired) electrons. The van der Waals surface area contributed by atoms with Crippen LogP contribution in [0.2, 0.25) is 5.02 Å². The number of sulfonamides is 1. The van der Waals surface area contributed by atoms with E-state index in [2.05, 4.69) is 16.6 Å². The first-order valence-electron chi connectivity index (χ1n) is 7.69. The number of hydrogen-bond donors (Lipinski definition) is 2. The normalized spacial score (nSPS) is 11.4. The number of carboxylic acids is 1. The first-order chi connectivity index (χ1) is 13.0. The number of alkyl halides is 3. The monoisotopic (exact) mass is 431 g/mol. The highest BCUT2D eigenvalue weighted by Crippen LogP contribution is 2.30. The largest absolute Gasteiger partial charge is 0.481 e. The van der Waals surface area contributed by atoms with Crippen LogP contribution in [0.15, 0.2) is 47.4 Å². The number of carbonyl (C=O) groups is 1. The van der Waals surface area contributed by atoms with Crippen LogP contribution in [0.3, 0.4) is 0 Å². The van der Waals surface area contributed by atoms with E-state index in [4.69, 9.17) is 16.7 Å². The van der Waals surface area contributed by atoms with Gasteiger partial charge in [-0.1, -0.05) is 23.4 Å². The van der Waals surface area contributed by atoms with Gasteiger partial charge in [0.2, 0.25) is 0 Å². The molecule has 0 atom stereocenters. The van der Waals surface area contributed by atoms with Crippen LogP contribution in [0.25, 0.3) is 0 Å². The Labute approximate surface area is 164 Å². The fourth-order valence-corrected chi connectivity index (χ4v) is 3.31. The molecule has 28 heavy (non-hydrogen) atoms. The number of aliphatic carboxylic acids is 1. The number of anilines is 1. The van der Waals surface area contributed by atoms with E-state index in [0.717, 1.165) is 12.1 Å². The summed E-state index contributed by atoms with van der Waals surface area (Å²) in [5, 5.41) is 8.88. The quantitative estimate of drug-likeness (QED) is 0.688. The lowest BCUT2D eigenvalue weighted by Crippen LogP contribution is -2.14. The van der Waals surface area contributed by atoms with Crippen LogP contribution in [0.4, 0.5) is 18.9 Å². The second-order valence-electron chi connectivity index (χ2n) is 5.51. The maximum Gasteiger partial charge on any atom is 0.416 e. The maximum atomic E-state index is 12.6. The van der Waals surface area contributed by atoms with Crippen molar-refractivity contribution in [2.75, 3.05) is 4.72 Å². The molecule has 0 bridgehead atoms. The van der Waals surface area contributed by atoms with Gasteiger partial charge < -0.3 is 5.11 Å². The summed E-state index contributed by atoms with van der Waals surface area (Å²) < 4.78 is 65.1. The zero-order valence-corrected chi connectivity index (χ0v) is 15.6. The van der Waals surface area contributed by atoms with Gasteiger partial charge in [0.15, 0.2) is 0 Å². The van der Waals surface area contributed by atoms with Crippen molar-refractivity contribution in [1.29, 1.82) is 0 Å². The molecule has 5 nitrogen and oxygen atoms in total. The third-order valence-electron chi connectivity index (χ3n) is 3.40. The molecular weight excluding hydrogens is 419 g/mol. The molecule has 148 valence electrons. The Morgan fingerprint density at radius 1 is 1.14 bits per heavy atom. The van der Waals surface area contributed by atoms with Crippen molar-refractivity contribution in [2.45, 2.75) is 23.9 Å². The summed E-state index contributed by atoms with van der Waals surface area (Å²) in [6, 6.07) is 7.18. The molecule has 0 saturated carbocycles. The number of rotatable bonds is 5. The molecule has 0 unspecified atom stereocenters. The standard InChI is InChI=1S/C18H13ClF3NO4S/c19-14-7-10-16(12(11-14)3-1-2-4-17(24)25)23-28(26,27)15-8-5-13(6-9-15)18(20,21)22/h5-11,23H,2,4H2,(H,24,25). The van der Waals surface area contributed by atoms with E-state index in [1.165, 1.54) is 18.2 Å². The molecule has 0 heterocycles. The van der Waals surface area contributed by atoms with Crippen LogP contribution in [0, 0.1) is 11.8 Å². The highest BCUT2D eigenvalue weighted by Gasteiger charge is 2.30. The summed E-state index contributed by atoms with van der Waals surface area (Å²) in [7, 11) is -4.18. The SMILES string of the molecule is O=C(O)CCC#Cc1cc(Cl)ccc1NS(=O)(=O)c1ccc(C(F)(F)F)cc1. The van der Waals surface area contributed by atoms with E-state index in [1.54, 1.807) is 0 Å². The predicted molar refractivity (Wildman–Crippen MR) is 97.5 cm³/mol. The lowest BCUT2D eigenvalue weighted by molar-refractivity contribution is -0.138. The van der Waals surface area contributed by atoms with Crippen LogP contribution in [0.1, 0.15) is 24.0 Å². The van der Waals surface area contributed by atoms with E-state index in [9.17, 15) is 26.4 Å². The van der Waals surface area contributed by atoms with Gasteiger partial charge in [-0.3, -0.25) is 9.52 Å². The molecule has 0 aliphatic carbocycles. The zero-order valence-electron chi connectivity index (χ0n) is 14.0. The van der Waals surface area contributed by atoms with Gasteiger partial charge >= 0.3 is 12.1 Å². The lowest BCUT2D eigenvalue weighted by Gasteiger charge is -2.11. The Morgan fingerprint density at radius 3 is 2.36 bits per heavy atom. The smallest absolute Gasteiger partial charge is 0.416 e. The Balaban J connectivity index is 2.29. The van der Waals surface area contributed by atoms with E-state index >= 15 is 0 Å². The van der Waals surface area contributed by atoms with Gasteiger partial charge in [0.1, 0.15) is 0 Å². The van der Waals surface area contributed by atoms with Gasteiger partial charge in [-0.25, -0.2) is 8.42 Å². The molecule has 0 amide bonds. The second-order valence-corrected chi connectivity index (χ2v) is 7.63. The fourth-order valence-electron chi connectivity index (χ4n) is 2.06. The molecule has 0 aliphatic heterocycles. The van der Waals surface area contributed by atoms with Gasteiger partial charge in [-0.15, -0.1) is 0 Å². The van der Waals surface area contributed by atoms with Gasteiger partial charge in [0.05, 0.1) is 28.1 Å². The molecule has 10 heteroatoms. The molecular formula is C18H13ClF3NO4S. The number of nitrogens with one attached hydrogen (secondary N) is 1. The Hall–Kier alpha value is -2.70. The van der Waals surface area contributed by atoms with Crippen LogP contribution in [-0.4, -0.2) is 19.5 Å². The highest BCUT2D eigenvalue weighted by atomic mass is 35.5. The van der Waals surface area contributed by atoms with Crippen molar-refractivity contribution in [3.05, 3.63) is 58.6 Å². The van der Waals surface area contributed by atoms with Crippen molar-refractivity contribution < 1.29 is 31.5 Å². The van der Waals surface area contributed by atoms with Crippen molar-refractivity contribution in [3.63, 3.8) is 0 Å². The lowest BCUT2D eigenvalue weighted by atomic mass is 10.2. The summed E-state index contributed by atoms with van der Waals surface area (Å²) >= 11 is 5.88. The number of hydrogen-bond acceptors (Lipinski definition) is 3. The predicted octanol–water partition coefficient (Wildman–Crippen LogP) is 4.38. The summed E-state index contributed by atoms with van der Waals surface area (Å²) in [4.78, 5) is 10.2. The first kappa shape index (κ1) is 21.6.